The lowest BCUT2D eigenvalue weighted by Crippen LogP contribution is -2.32. The van der Waals surface area contributed by atoms with E-state index in [2.05, 4.69) is 29.8 Å². The Morgan fingerprint density at radius 2 is 1.74 bits per heavy atom. The molecule has 1 fully saturated rings. The first-order valence-electron chi connectivity index (χ1n) is 11.9. The Labute approximate surface area is 245 Å². The van der Waals surface area contributed by atoms with Crippen molar-refractivity contribution in [3.8, 4) is 11.5 Å². The number of amides is 2. The normalized spacial score (nSPS) is 14.9. The molecule has 1 heterocycles. The van der Waals surface area contributed by atoms with Gasteiger partial charge in [-0.25, -0.2) is 0 Å². The fourth-order valence-electron chi connectivity index (χ4n) is 3.78. The summed E-state index contributed by atoms with van der Waals surface area (Å²) in [5.41, 5.74) is 2.71. The highest BCUT2D eigenvalue weighted by Gasteiger charge is 2.35. The number of ether oxygens (including phenoxy) is 1. The van der Waals surface area contributed by atoms with Crippen molar-refractivity contribution in [1.82, 2.24) is 4.90 Å². The van der Waals surface area contributed by atoms with Crippen molar-refractivity contribution in [2.24, 2.45) is 0 Å². The highest BCUT2D eigenvalue weighted by Crippen LogP contribution is 2.35. The highest BCUT2D eigenvalue weighted by molar-refractivity contribution is 9.10. The van der Waals surface area contributed by atoms with Crippen LogP contribution in [0.25, 0.3) is 6.08 Å². The Bertz CT molecular complexity index is 1550. The second-order valence-corrected chi connectivity index (χ2v) is 12.9. The van der Waals surface area contributed by atoms with Gasteiger partial charge in [0.25, 0.3) is 11.1 Å². The third kappa shape index (κ3) is 7.05. The minimum absolute atomic E-state index is 0.0386. The van der Waals surface area contributed by atoms with E-state index in [9.17, 15) is 18.0 Å². The van der Waals surface area contributed by atoms with Gasteiger partial charge in [-0.05, 0) is 106 Å². The van der Waals surface area contributed by atoms with E-state index in [1.165, 1.54) is 30.3 Å². The average molecular weight is 651 g/mol. The summed E-state index contributed by atoms with van der Waals surface area (Å²) in [6.07, 6.45) is 1.57. The van der Waals surface area contributed by atoms with E-state index in [0.29, 0.717) is 15.1 Å². The summed E-state index contributed by atoms with van der Waals surface area (Å²) in [4.78, 5) is 26.9. The van der Waals surface area contributed by atoms with Crippen molar-refractivity contribution in [2.45, 2.75) is 31.6 Å². The molecule has 39 heavy (non-hydrogen) atoms. The van der Waals surface area contributed by atoms with Gasteiger partial charge in [0.15, 0.2) is 5.75 Å². The van der Waals surface area contributed by atoms with Crippen LogP contribution in [0.1, 0.15) is 36.5 Å². The molecule has 0 saturated carbocycles. The second-order valence-electron chi connectivity index (χ2n) is 9.06. The molecule has 4 rings (SSSR count). The third-order valence-electron chi connectivity index (χ3n) is 5.79. The van der Waals surface area contributed by atoms with Crippen LogP contribution < -0.4 is 8.92 Å². The molecule has 7 nitrogen and oxygen atoms in total. The molecule has 0 spiro atoms. The van der Waals surface area contributed by atoms with Gasteiger partial charge in [0.05, 0.1) is 15.9 Å². The zero-order valence-corrected chi connectivity index (χ0v) is 25.3. The van der Waals surface area contributed by atoms with Gasteiger partial charge in [0.1, 0.15) is 17.3 Å². The zero-order chi connectivity index (χ0) is 28.3. The van der Waals surface area contributed by atoms with Gasteiger partial charge in [0.2, 0.25) is 0 Å². The predicted molar refractivity (Wildman–Crippen MR) is 157 cm³/mol. The minimum Gasteiger partial charge on any atom is -0.491 e. The topological polar surface area (TPSA) is 90.0 Å². The Morgan fingerprint density at radius 3 is 2.41 bits per heavy atom. The Balaban J connectivity index is 1.42. The smallest absolute Gasteiger partial charge is 0.339 e. The molecule has 1 saturated heterocycles. The molecule has 3 aromatic carbocycles. The predicted octanol–water partition coefficient (Wildman–Crippen LogP) is 7.42. The van der Waals surface area contributed by atoms with Gasteiger partial charge in [0, 0.05) is 5.02 Å². The van der Waals surface area contributed by atoms with Crippen LogP contribution in [0.2, 0.25) is 5.02 Å². The zero-order valence-electron chi connectivity index (χ0n) is 21.3. The molecule has 3 aromatic rings. The first kappa shape index (κ1) is 29.2. The molecule has 0 N–H and O–H groups in total. The van der Waals surface area contributed by atoms with Gasteiger partial charge in [-0.3, -0.25) is 14.5 Å². The van der Waals surface area contributed by atoms with E-state index < -0.39 is 16.0 Å². The molecular formula is C28H25BrClNO6S2. The van der Waals surface area contributed by atoms with E-state index in [-0.39, 0.29) is 39.9 Å². The van der Waals surface area contributed by atoms with Crippen LogP contribution in [0.4, 0.5) is 4.79 Å². The lowest BCUT2D eigenvalue weighted by molar-refractivity contribution is -0.123. The van der Waals surface area contributed by atoms with Crippen LogP contribution in [-0.4, -0.2) is 37.6 Å². The molecule has 1 aliphatic heterocycles. The minimum atomic E-state index is -4.08. The number of hydrogen-bond donors (Lipinski definition) is 0. The van der Waals surface area contributed by atoms with Crippen LogP contribution in [0.15, 0.2) is 74.9 Å². The number of nitrogens with zero attached hydrogens (tertiary/aromatic N) is 1. The maximum Gasteiger partial charge on any atom is 0.339 e. The summed E-state index contributed by atoms with van der Waals surface area (Å²) in [6, 6.07) is 16.3. The molecule has 11 heteroatoms. The maximum atomic E-state index is 12.9. The Morgan fingerprint density at radius 1 is 1.03 bits per heavy atom. The Kier molecular flexibility index (Phi) is 9.10. The van der Waals surface area contributed by atoms with Gasteiger partial charge in [-0.2, -0.15) is 8.42 Å². The molecule has 0 unspecified atom stereocenters. The quantitative estimate of drug-likeness (QED) is 0.176. The van der Waals surface area contributed by atoms with Crippen LogP contribution in [0.3, 0.4) is 0 Å². The lowest BCUT2D eigenvalue weighted by atomic mass is 10.0. The summed E-state index contributed by atoms with van der Waals surface area (Å²) < 4.78 is 36.8. The first-order chi connectivity index (χ1) is 18.4. The molecule has 0 radical (unpaired) electrons. The first-order valence-corrected chi connectivity index (χ1v) is 15.3. The van der Waals surface area contributed by atoms with Crippen molar-refractivity contribution in [1.29, 1.82) is 0 Å². The monoisotopic (exact) mass is 649 g/mol. The summed E-state index contributed by atoms with van der Waals surface area (Å²) in [5, 5.41) is 0.0271. The van der Waals surface area contributed by atoms with Crippen molar-refractivity contribution in [3.05, 3.63) is 91.8 Å². The maximum absolute atomic E-state index is 12.9. The van der Waals surface area contributed by atoms with Gasteiger partial charge in [-0.15, -0.1) is 0 Å². The number of halogens is 2. The summed E-state index contributed by atoms with van der Waals surface area (Å²) in [6.45, 7) is 6.43. The molecule has 0 atom stereocenters. The number of imide groups is 1. The summed E-state index contributed by atoms with van der Waals surface area (Å²) in [7, 11) is -4.08. The fraction of sp³-hybridized carbons (Fsp3) is 0.214. The largest absolute Gasteiger partial charge is 0.491 e. The second kappa shape index (κ2) is 12.2. The summed E-state index contributed by atoms with van der Waals surface area (Å²) >= 11 is 10.00. The number of benzene rings is 3. The highest BCUT2D eigenvalue weighted by atomic mass is 79.9. The standard InChI is InChI=1S/C28H25BrClNO6S2/c1-17(2)22-10-4-18(3)14-25(22)36-13-12-31-27(32)26(38-28(31)33)16-19-5-11-24(23(29)15-19)37-39(34,35)21-8-6-20(30)7-9-21/h4-11,14-17H,12-13H2,1-3H3/b26-16-. The van der Waals surface area contributed by atoms with E-state index in [0.717, 1.165) is 33.5 Å². The van der Waals surface area contributed by atoms with E-state index >= 15 is 0 Å². The molecular weight excluding hydrogens is 626 g/mol. The molecule has 1 aliphatic rings. The van der Waals surface area contributed by atoms with Gasteiger partial charge >= 0.3 is 10.1 Å². The lowest BCUT2D eigenvalue weighted by Gasteiger charge is -2.17. The van der Waals surface area contributed by atoms with Crippen molar-refractivity contribution >= 4 is 66.6 Å². The molecule has 0 aromatic heterocycles. The van der Waals surface area contributed by atoms with Crippen molar-refractivity contribution < 1.29 is 26.9 Å². The number of rotatable bonds is 9. The summed E-state index contributed by atoms with van der Waals surface area (Å²) in [5.74, 6) is 0.681. The number of carbonyl (C=O) groups excluding carboxylic acids is 2. The van der Waals surface area contributed by atoms with Crippen LogP contribution in [0.5, 0.6) is 11.5 Å². The molecule has 0 bridgehead atoms. The van der Waals surface area contributed by atoms with E-state index in [1.807, 2.05) is 25.1 Å². The van der Waals surface area contributed by atoms with Crippen LogP contribution in [0, 0.1) is 6.92 Å². The van der Waals surface area contributed by atoms with E-state index in [4.69, 9.17) is 20.5 Å². The third-order valence-corrected chi connectivity index (χ3v) is 8.82. The van der Waals surface area contributed by atoms with Crippen LogP contribution in [-0.2, 0) is 14.9 Å². The number of hydrogen-bond acceptors (Lipinski definition) is 7. The van der Waals surface area contributed by atoms with Crippen molar-refractivity contribution in [3.63, 3.8) is 0 Å². The van der Waals surface area contributed by atoms with Crippen molar-refractivity contribution in [2.75, 3.05) is 13.2 Å². The number of carbonyl (C=O) groups is 2. The van der Waals surface area contributed by atoms with Gasteiger partial charge in [-0.1, -0.05) is 43.6 Å². The van der Waals surface area contributed by atoms with Gasteiger partial charge < -0.3 is 8.92 Å². The molecule has 0 aliphatic carbocycles. The Hall–Kier alpha value is -2.79. The number of thioether (sulfide) groups is 1. The SMILES string of the molecule is Cc1ccc(C(C)C)c(OCCN2C(=O)S/C(=C\c3ccc(OS(=O)(=O)c4ccc(Cl)cc4)c(Br)c3)C2=O)c1. The molecule has 204 valence electrons. The van der Waals surface area contributed by atoms with E-state index in [1.54, 1.807) is 18.2 Å². The molecule has 2 amide bonds. The fourth-order valence-corrected chi connectivity index (χ4v) is 6.30. The average Bonchev–Trinajstić information content (AvgIpc) is 3.13. The van der Waals surface area contributed by atoms with Crippen LogP contribution >= 0.6 is 39.3 Å². The number of aryl methyl sites for hydroxylation is 1.